The van der Waals surface area contributed by atoms with Crippen molar-refractivity contribution in [3.8, 4) is 0 Å². The molecule has 2 atom stereocenters. The number of nitrogens with zero attached hydrogens (tertiary/aromatic N) is 2. The van der Waals surface area contributed by atoms with E-state index in [-0.39, 0.29) is 6.04 Å². The monoisotopic (exact) mass is 256 g/mol. The largest absolute Gasteiger partial charge is 0.480 e. The molecule has 2 unspecified atom stereocenters. The van der Waals surface area contributed by atoms with Gasteiger partial charge in [0, 0.05) is 32.2 Å². The van der Waals surface area contributed by atoms with Gasteiger partial charge in [0.2, 0.25) is 0 Å². The summed E-state index contributed by atoms with van der Waals surface area (Å²) in [7, 11) is 0. The lowest BCUT2D eigenvalue weighted by Gasteiger charge is -2.39. The molecule has 4 nitrogen and oxygen atoms in total. The van der Waals surface area contributed by atoms with E-state index in [1.165, 1.54) is 12.8 Å². The van der Waals surface area contributed by atoms with Gasteiger partial charge in [0.15, 0.2) is 0 Å². The molecule has 0 radical (unpaired) electrons. The number of rotatable bonds is 6. The zero-order valence-corrected chi connectivity index (χ0v) is 12.2. The van der Waals surface area contributed by atoms with E-state index in [9.17, 15) is 4.79 Å². The van der Waals surface area contributed by atoms with Crippen LogP contribution in [0, 0.1) is 5.92 Å². The second kappa shape index (κ2) is 7.10. The maximum atomic E-state index is 10.9. The summed E-state index contributed by atoms with van der Waals surface area (Å²) in [6.07, 6.45) is 2.51. The molecule has 1 N–H and O–H groups in total. The lowest BCUT2D eigenvalue weighted by Crippen LogP contribution is -2.53. The van der Waals surface area contributed by atoms with Crippen molar-refractivity contribution in [2.24, 2.45) is 5.92 Å². The topological polar surface area (TPSA) is 43.8 Å². The van der Waals surface area contributed by atoms with E-state index < -0.39 is 5.97 Å². The second-order valence-corrected chi connectivity index (χ2v) is 5.91. The molecule has 1 aliphatic rings. The van der Waals surface area contributed by atoms with Gasteiger partial charge >= 0.3 is 5.97 Å². The van der Waals surface area contributed by atoms with Gasteiger partial charge in [0.05, 0.1) is 0 Å². The molecule has 4 heteroatoms. The minimum absolute atomic E-state index is 0.349. The highest BCUT2D eigenvalue weighted by Crippen LogP contribution is 2.15. The number of aliphatic carboxylic acids is 1. The molecule has 0 spiro atoms. The summed E-state index contributed by atoms with van der Waals surface area (Å²) in [4.78, 5) is 15.5. The molecule has 106 valence electrons. The Morgan fingerprint density at radius 2 is 1.50 bits per heavy atom. The van der Waals surface area contributed by atoms with Crippen LogP contribution in [0.15, 0.2) is 0 Å². The highest BCUT2D eigenvalue weighted by molar-refractivity contribution is 5.72. The average Bonchev–Trinajstić information content (AvgIpc) is 2.35. The summed E-state index contributed by atoms with van der Waals surface area (Å²) in [5, 5.41) is 9.00. The van der Waals surface area contributed by atoms with Crippen molar-refractivity contribution < 1.29 is 9.90 Å². The lowest BCUT2D eigenvalue weighted by molar-refractivity contribution is -0.143. The van der Waals surface area contributed by atoms with Crippen molar-refractivity contribution in [1.29, 1.82) is 0 Å². The summed E-state index contributed by atoms with van der Waals surface area (Å²) < 4.78 is 0. The standard InChI is InChI=1S/C14H28N2O2/c1-11(2)5-6-12(3)15-7-9-16(10-8-15)13(4)14(17)18/h11-13H,5-10H2,1-4H3,(H,17,18). The summed E-state index contributed by atoms with van der Waals surface area (Å²) in [5.74, 6) is 0.0528. The van der Waals surface area contributed by atoms with Crippen molar-refractivity contribution in [2.75, 3.05) is 26.2 Å². The highest BCUT2D eigenvalue weighted by atomic mass is 16.4. The Labute approximate surface area is 111 Å². The summed E-state index contributed by atoms with van der Waals surface area (Å²) in [5.41, 5.74) is 0. The van der Waals surface area contributed by atoms with Gasteiger partial charge in [0.25, 0.3) is 0 Å². The van der Waals surface area contributed by atoms with Gasteiger partial charge in [-0.3, -0.25) is 14.6 Å². The predicted molar refractivity (Wildman–Crippen MR) is 73.8 cm³/mol. The van der Waals surface area contributed by atoms with Crippen molar-refractivity contribution >= 4 is 5.97 Å². The summed E-state index contributed by atoms with van der Waals surface area (Å²) in [6, 6.07) is 0.271. The number of carboxylic acids is 1. The van der Waals surface area contributed by atoms with Gasteiger partial charge in [-0.15, -0.1) is 0 Å². The van der Waals surface area contributed by atoms with Crippen LogP contribution < -0.4 is 0 Å². The van der Waals surface area contributed by atoms with Crippen molar-refractivity contribution in [2.45, 2.75) is 52.6 Å². The fourth-order valence-electron chi connectivity index (χ4n) is 2.48. The van der Waals surface area contributed by atoms with E-state index in [4.69, 9.17) is 5.11 Å². The number of carboxylic acid groups (broad SMARTS) is 1. The molecule has 1 fully saturated rings. The Morgan fingerprint density at radius 1 is 1.00 bits per heavy atom. The van der Waals surface area contributed by atoms with E-state index in [0.717, 1.165) is 32.1 Å². The molecule has 0 amide bonds. The third kappa shape index (κ3) is 4.58. The third-order valence-corrected chi connectivity index (χ3v) is 4.04. The van der Waals surface area contributed by atoms with Crippen LogP contribution in [0.3, 0.4) is 0 Å². The van der Waals surface area contributed by atoms with Gasteiger partial charge in [-0.2, -0.15) is 0 Å². The van der Waals surface area contributed by atoms with Crippen LogP contribution in [0.4, 0.5) is 0 Å². The molecular weight excluding hydrogens is 228 g/mol. The second-order valence-electron chi connectivity index (χ2n) is 5.91. The average molecular weight is 256 g/mol. The Bertz CT molecular complexity index is 261. The van der Waals surface area contributed by atoms with Gasteiger partial charge < -0.3 is 5.11 Å². The minimum atomic E-state index is -0.712. The van der Waals surface area contributed by atoms with Crippen LogP contribution in [0.25, 0.3) is 0 Å². The molecule has 1 saturated heterocycles. The van der Waals surface area contributed by atoms with Crippen molar-refractivity contribution in [3.05, 3.63) is 0 Å². The number of hydrogen-bond donors (Lipinski definition) is 1. The highest BCUT2D eigenvalue weighted by Gasteiger charge is 2.26. The number of carbonyl (C=O) groups is 1. The molecule has 1 rings (SSSR count). The molecule has 1 heterocycles. The first kappa shape index (κ1) is 15.4. The van der Waals surface area contributed by atoms with Crippen LogP contribution >= 0.6 is 0 Å². The molecule has 0 saturated carbocycles. The van der Waals surface area contributed by atoms with Crippen LogP contribution in [0.2, 0.25) is 0 Å². The molecule has 0 aromatic rings. The summed E-state index contributed by atoms with van der Waals surface area (Å²) in [6.45, 7) is 12.3. The third-order valence-electron chi connectivity index (χ3n) is 4.04. The molecule has 1 aliphatic heterocycles. The van der Waals surface area contributed by atoms with E-state index in [0.29, 0.717) is 6.04 Å². The zero-order valence-electron chi connectivity index (χ0n) is 12.2. The quantitative estimate of drug-likeness (QED) is 0.788. The van der Waals surface area contributed by atoms with E-state index in [1.54, 1.807) is 6.92 Å². The molecule has 0 aliphatic carbocycles. The fraction of sp³-hybridized carbons (Fsp3) is 0.929. The smallest absolute Gasteiger partial charge is 0.320 e. The van der Waals surface area contributed by atoms with E-state index in [1.807, 2.05) is 0 Å². The van der Waals surface area contributed by atoms with Gasteiger partial charge in [-0.25, -0.2) is 0 Å². The van der Waals surface area contributed by atoms with Gasteiger partial charge in [-0.05, 0) is 32.6 Å². The lowest BCUT2D eigenvalue weighted by atomic mass is 10.0. The maximum absolute atomic E-state index is 10.9. The molecule has 0 aromatic heterocycles. The van der Waals surface area contributed by atoms with E-state index >= 15 is 0 Å². The minimum Gasteiger partial charge on any atom is -0.480 e. The van der Waals surface area contributed by atoms with Gasteiger partial charge in [-0.1, -0.05) is 13.8 Å². The number of piperazine rings is 1. The Kier molecular flexibility index (Phi) is 6.09. The fourth-order valence-corrected chi connectivity index (χ4v) is 2.48. The first-order valence-electron chi connectivity index (χ1n) is 7.12. The van der Waals surface area contributed by atoms with Crippen LogP contribution in [0.1, 0.15) is 40.5 Å². The summed E-state index contributed by atoms with van der Waals surface area (Å²) >= 11 is 0. The predicted octanol–water partition coefficient (Wildman–Crippen LogP) is 1.90. The zero-order chi connectivity index (χ0) is 13.7. The van der Waals surface area contributed by atoms with E-state index in [2.05, 4.69) is 30.6 Å². The molecule has 0 aromatic carbocycles. The van der Waals surface area contributed by atoms with Crippen LogP contribution in [-0.4, -0.2) is 59.1 Å². The first-order valence-corrected chi connectivity index (χ1v) is 7.12. The normalized spacial score (nSPS) is 22.1. The van der Waals surface area contributed by atoms with Crippen molar-refractivity contribution in [3.63, 3.8) is 0 Å². The van der Waals surface area contributed by atoms with Gasteiger partial charge in [0.1, 0.15) is 6.04 Å². The number of hydrogen-bond acceptors (Lipinski definition) is 3. The SMILES string of the molecule is CC(C)CCC(C)N1CCN(C(C)C(=O)O)CC1. The Morgan fingerprint density at radius 3 is 1.94 bits per heavy atom. The Hall–Kier alpha value is -0.610. The van der Waals surface area contributed by atoms with Crippen LogP contribution in [-0.2, 0) is 4.79 Å². The van der Waals surface area contributed by atoms with Crippen LogP contribution in [0.5, 0.6) is 0 Å². The molecule has 18 heavy (non-hydrogen) atoms. The Balaban J connectivity index is 2.32. The molecule has 0 bridgehead atoms. The molecular formula is C14H28N2O2. The first-order chi connectivity index (χ1) is 8.41. The maximum Gasteiger partial charge on any atom is 0.320 e. The van der Waals surface area contributed by atoms with Crippen molar-refractivity contribution in [1.82, 2.24) is 9.80 Å².